The van der Waals surface area contributed by atoms with Gasteiger partial charge in [-0.3, -0.25) is 9.59 Å². The molecule has 7 nitrogen and oxygen atoms in total. The number of amides is 1. The standard InChI is InChI=1S/C21H22N4O3S/c1-14-5-6-15(2)17(9-14)24-20(27)12-25-11-19(28-3)18(26)10-16(25)13-29-21-22-7-4-8-23-21/h4-11H,12-13H2,1-3H3,(H,24,27). The molecule has 1 amide bonds. The van der Waals surface area contributed by atoms with Crippen LogP contribution < -0.4 is 15.5 Å². The summed E-state index contributed by atoms with van der Waals surface area (Å²) in [6, 6.07) is 9.13. The van der Waals surface area contributed by atoms with Crippen molar-refractivity contribution in [1.29, 1.82) is 0 Å². The summed E-state index contributed by atoms with van der Waals surface area (Å²) in [6.07, 6.45) is 4.88. The zero-order chi connectivity index (χ0) is 20.8. The minimum Gasteiger partial charge on any atom is -0.491 e. The van der Waals surface area contributed by atoms with Crippen molar-refractivity contribution in [2.24, 2.45) is 0 Å². The largest absolute Gasteiger partial charge is 0.491 e. The number of aromatic nitrogens is 3. The van der Waals surface area contributed by atoms with Gasteiger partial charge >= 0.3 is 0 Å². The van der Waals surface area contributed by atoms with Crippen LogP contribution in [0, 0.1) is 13.8 Å². The third-order valence-electron chi connectivity index (χ3n) is 4.27. The van der Waals surface area contributed by atoms with Crippen molar-refractivity contribution in [3.8, 4) is 5.75 Å². The number of benzene rings is 1. The number of thioether (sulfide) groups is 1. The molecule has 2 aromatic heterocycles. The number of carbonyl (C=O) groups excluding carboxylic acids is 1. The van der Waals surface area contributed by atoms with Gasteiger partial charge in [0.25, 0.3) is 0 Å². The summed E-state index contributed by atoms with van der Waals surface area (Å²) >= 11 is 1.39. The van der Waals surface area contributed by atoms with Crippen molar-refractivity contribution in [3.63, 3.8) is 0 Å². The van der Waals surface area contributed by atoms with Gasteiger partial charge in [0.05, 0.1) is 13.3 Å². The molecule has 0 unspecified atom stereocenters. The van der Waals surface area contributed by atoms with Gasteiger partial charge in [0.1, 0.15) is 6.54 Å². The number of carbonyl (C=O) groups is 1. The molecular weight excluding hydrogens is 388 g/mol. The fraction of sp³-hybridized carbons (Fsp3) is 0.238. The molecule has 0 aliphatic carbocycles. The first kappa shape index (κ1) is 20.6. The fourth-order valence-electron chi connectivity index (χ4n) is 2.73. The molecular formula is C21H22N4O3S. The predicted octanol–water partition coefficient (Wildman–Crippen LogP) is 3.19. The maximum Gasteiger partial charge on any atom is 0.244 e. The Hall–Kier alpha value is -3.13. The summed E-state index contributed by atoms with van der Waals surface area (Å²) < 4.78 is 6.86. The van der Waals surface area contributed by atoms with Crippen LogP contribution in [0.1, 0.15) is 16.8 Å². The summed E-state index contributed by atoms with van der Waals surface area (Å²) in [5.74, 6) is 0.445. The van der Waals surface area contributed by atoms with Gasteiger partial charge in [0.15, 0.2) is 10.9 Å². The number of hydrogen-bond donors (Lipinski definition) is 1. The number of pyridine rings is 1. The Bertz CT molecular complexity index is 1070. The van der Waals surface area contributed by atoms with Crippen molar-refractivity contribution in [3.05, 3.63) is 76.0 Å². The third kappa shape index (κ3) is 5.45. The third-order valence-corrected chi connectivity index (χ3v) is 5.18. The van der Waals surface area contributed by atoms with E-state index in [1.54, 1.807) is 29.2 Å². The molecule has 29 heavy (non-hydrogen) atoms. The lowest BCUT2D eigenvalue weighted by molar-refractivity contribution is -0.116. The monoisotopic (exact) mass is 410 g/mol. The van der Waals surface area contributed by atoms with Gasteiger partial charge in [-0.25, -0.2) is 9.97 Å². The second kappa shape index (κ2) is 9.38. The Morgan fingerprint density at radius 1 is 1.21 bits per heavy atom. The van der Waals surface area contributed by atoms with Crippen LogP contribution in [0.5, 0.6) is 5.75 Å². The van der Waals surface area contributed by atoms with Crippen LogP contribution >= 0.6 is 11.8 Å². The highest BCUT2D eigenvalue weighted by atomic mass is 32.2. The van der Waals surface area contributed by atoms with Crippen LogP contribution in [0.3, 0.4) is 0 Å². The Morgan fingerprint density at radius 2 is 1.97 bits per heavy atom. The molecule has 1 aromatic carbocycles. The molecule has 0 atom stereocenters. The van der Waals surface area contributed by atoms with Gasteiger partial charge in [-0.05, 0) is 37.1 Å². The number of nitrogens with zero attached hydrogens (tertiary/aromatic N) is 3. The van der Waals surface area contributed by atoms with Gasteiger partial charge in [-0.15, -0.1) is 0 Å². The highest BCUT2D eigenvalue weighted by Crippen LogP contribution is 2.20. The number of anilines is 1. The average Bonchev–Trinajstić information content (AvgIpc) is 2.71. The number of aryl methyl sites for hydroxylation is 2. The minimum absolute atomic E-state index is 0.0512. The van der Waals surface area contributed by atoms with Crippen LogP contribution in [0.25, 0.3) is 0 Å². The predicted molar refractivity (Wildman–Crippen MR) is 113 cm³/mol. The zero-order valence-corrected chi connectivity index (χ0v) is 17.3. The van der Waals surface area contributed by atoms with Crippen LogP contribution in [0.15, 0.2) is 58.9 Å². The van der Waals surface area contributed by atoms with Crippen molar-refractivity contribution in [1.82, 2.24) is 14.5 Å². The lowest BCUT2D eigenvalue weighted by Crippen LogP contribution is -2.23. The van der Waals surface area contributed by atoms with Crippen LogP contribution in [0.2, 0.25) is 0 Å². The molecule has 0 aliphatic heterocycles. The van der Waals surface area contributed by atoms with Gasteiger partial charge in [-0.1, -0.05) is 23.9 Å². The van der Waals surface area contributed by atoms with Crippen molar-refractivity contribution < 1.29 is 9.53 Å². The van der Waals surface area contributed by atoms with E-state index >= 15 is 0 Å². The summed E-state index contributed by atoms with van der Waals surface area (Å²) in [7, 11) is 1.43. The highest BCUT2D eigenvalue weighted by Gasteiger charge is 2.12. The molecule has 3 aromatic rings. The van der Waals surface area contributed by atoms with E-state index in [4.69, 9.17) is 4.74 Å². The van der Waals surface area contributed by atoms with E-state index in [1.807, 2.05) is 32.0 Å². The van der Waals surface area contributed by atoms with E-state index in [1.165, 1.54) is 24.9 Å². The molecule has 3 rings (SSSR count). The van der Waals surface area contributed by atoms with Crippen molar-refractivity contribution in [2.75, 3.05) is 12.4 Å². The second-order valence-electron chi connectivity index (χ2n) is 6.51. The van der Waals surface area contributed by atoms with Crippen LogP contribution in [0.4, 0.5) is 5.69 Å². The summed E-state index contributed by atoms with van der Waals surface area (Å²) in [5, 5.41) is 3.54. The number of rotatable bonds is 7. The molecule has 0 saturated carbocycles. The minimum atomic E-state index is -0.233. The number of hydrogen-bond acceptors (Lipinski definition) is 6. The lowest BCUT2D eigenvalue weighted by Gasteiger charge is -2.15. The number of methoxy groups -OCH3 is 1. The first-order chi connectivity index (χ1) is 14.0. The lowest BCUT2D eigenvalue weighted by atomic mass is 10.1. The number of ether oxygens (including phenoxy) is 1. The summed E-state index contributed by atoms with van der Waals surface area (Å²) in [5.41, 5.74) is 3.28. The quantitative estimate of drug-likeness (QED) is 0.476. The molecule has 0 saturated heterocycles. The molecule has 0 fully saturated rings. The second-order valence-corrected chi connectivity index (χ2v) is 7.45. The Morgan fingerprint density at radius 3 is 2.69 bits per heavy atom. The van der Waals surface area contributed by atoms with Gasteiger partial charge in [0.2, 0.25) is 11.3 Å². The summed E-state index contributed by atoms with van der Waals surface area (Å²) in [4.78, 5) is 33.2. The highest BCUT2D eigenvalue weighted by molar-refractivity contribution is 7.98. The first-order valence-electron chi connectivity index (χ1n) is 9.00. The maximum atomic E-state index is 12.7. The van der Waals surface area contributed by atoms with E-state index in [0.29, 0.717) is 16.6 Å². The molecule has 8 heteroatoms. The molecule has 1 N–H and O–H groups in total. The zero-order valence-electron chi connectivity index (χ0n) is 16.5. The fourth-order valence-corrected chi connectivity index (χ4v) is 3.53. The van der Waals surface area contributed by atoms with Crippen molar-refractivity contribution >= 4 is 23.4 Å². The van der Waals surface area contributed by atoms with E-state index in [0.717, 1.165) is 16.8 Å². The van der Waals surface area contributed by atoms with E-state index in [-0.39, 0.29) is 23.6 Å². The van der Waals surface area contributed by atoms with Gasteiger partial charge in [0, 0.05) is 35.6 Å². The first-order valence-corrected chi connectivity index (χ1v) is 9.99. The Labute approximate surface area is 173 Å². The smallest absolute Gasteiger partial charge is 0.244 e. The molecule has 150 valence electrons. The molecule has 0 aliphatic rings. The SMILES string of the molecule is COc1cn(CC(=O)Nc2cc(C)ccc2C)c(CSc2ncccn2)cc1=O. The van der Waals surface area contributed by atoms with Crippen LogP contribution in [-0.4, -0.2) is 27.6 Å². The summed E-state index contributed by atoms with van der Waals surface area (Å²) in [6.45, 7) is 3.97. The number of nitrogens with one attached hydrogen (secondary N) is 1. The van der Waals surface area contributed by atoms with Crippen LogP contribution in [-0.2, 0) is 17.1 Å². The maximum absolute atomic E-state index is 12.7. The van der Waals surface area contributed by atoms with Gasteiger partial charge in [-0.2, -0.15) is 0 Å². The van der Waals surface area contributed by atoms with E-state index < -0.39 is 0 Å². The van der Waals surface area contributed by atoms with E-state index in [2.05, 4.69) is 15.3 Å². The normalized spacial score (nSPS) is 10.6. The molecule has 0 spiro atoms. The Balaban J connectivity index is 1.81. The topological polar surface area (TPSA) is 86.1 Å². The molecule has 2 heterocycles. The van der Waals surface area contributed by atoms with Crippen molar-refractivity contribution in [2.45, 2.75) is 31.3 Å². The molecule has 0 bridgehead atoms. The van der Waals surface area contributed by atoms with E-state index in [9.17, 15) is 9.59 Å². The van der Waals surface area contributed by atoms with Gasteiger partial charge < -0.3 is 14.6 Å². The molecule has 0 radical (unpaired) electrons. The Kier molecular flexibility index (Phi) is 6.66. The average molecular weight is 410 g/mol.